The van der Waals surface area contributed by atoms with Crippen LogP contribution in [0.3, 0.4) is 0 Å². The Morgan fingerprint density at radius 2 is 2.03 bits per heavy atom. The van der Waals surface area contributed by atoms with Crippen molar-refractivity contribution in [3.63, 3.8) is 0 Å². The Balaban J connectivity index is 1.90. The molecule has 1 saturated heterocycles. The first kappa shape index (κ1) is 21.2. The number of aryl methyl sites for hydroxylation is 1. The van der Waals surface area contributed by atoms with Gasteiger partial charge in [0.15, 0.2) is 0 Å². The number of nitrogen functional groups attached to an aromatic ring is 1. The summed E-state index contributed by atoms with van der Waals surface area (Å²) >= 11 is 0. The maximum atomic E-state index is 13.2. The normalized spacial score (nSPS) is 17.4. The molecule has 0 amide bonds. The summed E-state index contributed by atoms with van der Waals surface area (Å²) in [5, 5.41) is 2.92. The number of rotatable bonds is 6. The van der Waals surface area contributed by atoms with E-state index >= 15 is 0 Å². The molecule has 1 fully saturated rings. The third kappa shape index (κ3) is 5.50. The van der Waals surface area contributed by atoms with Gasteiger partial charge in [-0.15, -0.1) is 0 Å². The van der Waals surface area contributed by atoms with Crippen molar-refractivity contribution in [1.82, 2.24) is 9.97 Å². The summed E-state index contributed by atoms with van der Waals surface area (Å²) in [7, 11) is 0. The molecule has 9 heteroatoms. The minimum Gasteiger partial charge on any atom is -0.398 e. The molecule has 1 aliphatic heterocycles. The number of hydrogen-bond donors (Lipinski definition) is 3. The molecule has 0 aliphatic carbocycles. The Morgan fingerprint density at radius 1 is 1.24 bits per heavy atom. The van der Waals surface area contributed by atoms with E-state index in [0.717, 1.165) is 56.2 Å². The van der Waals surface area contributed by atoms with Crippen molar-refractivity contribution in [3.8, 4) is 0 Å². The van der Waals surface area contributed by atoms with E-state index in [1.165, 1.54) is 12.1 Å². The molecule has 6 nitrogen and oxygen atoms in total. The summed E-state index contributed by atoms with van der Waals surface area (Å²) in [5.41, 5.74) is 11.5. The van der Waals surface area contributed by atoms with Crippen LogP contribution in [0.4, 0.5) is 36.3 Å². The standard InChI is InChI=1S/C20H27F3N6/c1-2-3-6-14-11-18(29-9-4-5-13(24)12-29)28-19(26-14)27-15-7-8-17(25)16(10-15)20(21,22)23/h7-8,10-11,13H,2-6,9,12,24-25H2,1H3,(H,26,27,28). The van der Waals surface area contributed by atoms with Gasteiger partial charge in [-0.2, -0.15) is 18.2 Å². The maximum absolute atomic E-state index is 13.2. The molecule has 2 heterocycles. The number of unbranched alkanes of at least 4 members (excludes halogenated alkanes) is 1. The highest BCUT2D eigenvalue weighted by Gasteiger charge is 2.33. The van der Waals surface area contributed by atoms with Crippen molar-refractivity contribution in [2.45, 2.75) is 51.2 Å². The fourth-order valence-corrected chi connectivity index (χ4v) is 3.41. The van der Waals surface area contributed by atoms with E-state index in [1.54, 1.807) is 0 Å². The monoisotopic (exact) mass is 408 g/mol. The zero-order valence-electron chi connectivity index (χ0n) is 16.5. The lowest BCUT2D eigenvalue weighted by atomic mass is 10.1. The predicted molar refractivity (Wildman–Crippen MR) is 109 cm³/mol. The third-order valence-corrected chi connectivity index (χ3v) is 4.95. The van der Waals surface area contributed by atoms with Crippen LogP contribution in [-0.2, 0) is 12.6 Å². The molecule has 29 heavy (non-hydrogen) atoms. The highest BCUT2D eigenvalue weighted by molar-refractivity contribution is 5.63. The quantitative estimate of drug-likeness (QED) is 0.624. The SMILES string of the molecule is CCCCc1cc(N2CCCC(N)C2)nc(Nc2ccc(N)c(C(F)(F)F)c2)n1. The Morgan fingerprint density at radius 3 is 2.72 bits per heavy atom. The van der Waals surface area contributed by atoms with Crippen molar-refractivity contribution in [2.75, 3.05) is 29.0 Å². The zero-order valence-corrected chi connectivity index (χ0v) is 16.5. The number of aromatic nitrogens is 2. The Bertz CT molecular complexity index is 839. The first-order valence-corrected chi connectivity index (χ1v) is 9.88. The summed E-state index contributed by atoms with van der Waals surface area (Å²) < 4.78 is 39.5. The lowest BCUT2D eigenvalue weighted by Crippen LogP contribution is -2.43. The van der Waals surface area contributed by atoms with Crippen LogP contribution in [0, 0.1) is 0 Å². The molecule has 158 valence electrons. The highest BCUT2D eigenvalue weighted by atomic mass is 19.4. The molecule has 0 bridgehead atoms. The molecule has 1 aromatic heterocycles. The number of benzene rings is 1. The van der Waals surface area contributed by atoms with Crippen LogP contribution in [0.5, 0.6) is 0 Å². The van der Waals surface area contributed by atoms with Crippen LogP contribution in [0.2, 0.25) is 0 Å². The topological polar surface area (TPSA) is 93.1 Å². The highest BCUT2D eigenvalue weighted by Crippen LogP contribution is 2.35. The molecule has 1 atom stereocenters. The fourth-order valence-electron chi connectivity index (χ4n) is 3.41. The average molecular weight is 408 g/mol. The number of alkyl halides is 3. The molecule has 1 unspecified atom stereocenters. The predicted octanol–water partition coefficient (Wildman–Crippen LogP) is 4.09. The Hall–Kier alpha value is -2.55. The van der Waals surface area contributed by atoms with Gasteiger partial charge in [0, 0.05) is 42.3 Å². The lowest BCUT2D eigenvalue weighted by Gasteiger charge is -2.32. The van der Waals surface area contributed by atoms with Gasteiger partial charge in [0.1, 0.15) is 5.82 Å². The minimum atomic E-state index is -4.53. The van der Waals surface area contributed by atoms with Crippen molar-refractivity contribution in [2.24, 2.45) is 5.73 Å². The summed E-state index contributed by atoms with van der Waals surface area (Å²) in [4.78, 5) is 11.2. The smallest absolute Gasteiger partial charge is 0.398 e. The van der Waals surface area contributed by atoms with E-state index in [-0.39, 0.29) is 23.4 Å². The second-order valence-electron chi connectivity index (χ2n) is 7.42. The van der Waals surface area contributed by atoms with E-state index < -0.39 is 11.7 Å². The van der Waals surface area contributed by atoms with E-state index in [2.05, 4.69) is 27.1 Å². The molecular weight excluding hydrogens is 381 g/mol. The molecule has 3 rings (SSSR count). The summed E-state index contributed by atoms with van der Waals surface area (Å²) in [6, 6.07) is 5.73. The van der Waals surface area contributed by atoms with Crippen LogP contribution in [-0.4, -0.2) is 29.1 Å². The number of nitrogens with zero attached hydrogens (tertiary/aromatic N) is 3. The van der Waals surface area contributed by atoms with Crippen molar-refractivity contribution in [1.29, 1.82) is 0 Å². The van der Waals surface area contributed by atoms with Gasteiger partial charge < -0.3 is 21.7 Å². The lowest BCUT2D eigenvalue weighted by molar-refractivity contribution is -0.136. The molecular formula is C20H27F3N6. The van der Waals surface area contributed by atoms with Crippen LogP contribution >= 0.6 is 0 Å². The number of nitrogens with two attached hydrogens (primary N) is 2. The number of halogens is 3. The van der Waals surface area contributed by atoms with Crippen LogP contribution in [0.1, 0.15) is 43.9 Å². The fraction of sp³-hybridized carbons (Fsp3) is 0.500. The van der Waals surface area contributed by atoms with Crippen molar-refractivity contribution in [3.05, 3.63) is 35.5 Å². The average Bonchev–Trinajstić information content (AvgIpc) is 2.67. The minimum absolute atomic E-state index is 0.0839. The molecule has 0 saturated carbocycles. The number of anilines is 4. The van der Waals surface area contributed by atoms with Gasteiger partial charge in [-0.1, -0.05) is 13.3 Å². The van der Waals surface area contributed by atoms with Gasteiger partial charge in [-0.25, -0.2) is 4.98 Å². The van der Waals surface area contributed by atoms with Gasteiger partial charge in [0.05, 0.1) is 5.56 Å². The van der Waals surface area contributed by atoms with E-state index in [1.807, 2.05) is 6.07 Å². The molecule has 0 spiro atoms. The number of hydrogen-bond acceptors (Lipinski definition) is 6. The summed E-state index contributed by atoms with van der Waals surface area (Å²) in [5.74, 6) is 1.01. The second-order valence-corrected chi connectivity index (χ2v) is 7.42. The van der Waals surface area contributed by atoms with Crippen molar-refractivity contribution < 1.29 is 13.2 Å². The second kappa shape index (κ2) is 8.86. The third-order valence-electron chi connectivity index (χ3n) is 4.95. The van der Waals surface area contributed by atoms with Gasteiger partial charge in [-0.3, -0.25) is 0 Å². The molecule has 0 radical (unpaired) electrons. The number of piperidine rings is 1. The summed E-state index contributed by atoms with van der Waals surface area (Å²) in [6.45, 7) is 3.64. The first-order valence-electron chi connectivity index (χ1n) is 9.88. The largest absolute Gasteiger partial charge is 0.418 e. The van der Waals surface area contributed by atoms with E-state index in [4.69, 9.17) is 11.5 Å². The van der Waals surface area contributed by atoms with Gasteiger partial charge in [0.25, 0.3) is 0 Å². The molecule has 1 aliphatic rings. The maximum Gasteiger partial charge on any atom is 0.418 e. The van der Waals surface area contributed by atoms with Gasteiger partial charge in [-0.05, 0) is 43.9 Å². The molecule has 2 aromatic rings. The van der Waals surface area contributed by atoms with Crippen LogP contribution < -0.4 is 21.7 Å². The zero-order chi connectivity index (χ0) is 21.0. The molecule has 1 aromatic carbocycles. The van der Waals surface area contributed by atoms with Crippen LogP contribution in [0.25, 0.3) is 0 Å². The van der Waals surface area contributed by atoms with E-state index in [0.29, 0.717) is 6.54 Å². The number of nitrogens with one attached hydrogen (secondary N) is 1. The van der Waals surface area contributed by atoms with Crippen LogP contribution in [0.15, 0.2) is 24.3 Å². The van der Waals surface area contributed by atoms with Gasteiger partial charge in [0.2, 0.25) is 5.95 Å². The first-order chi connectivity index (χ1) is 13.8. The van der Waals surface area contributed by atoms with E-state index in [9.17, 15) is 13.2 Å². The Kier molecular flexibility index (Phi) is 6.46. The van der Waals surface area contributed by atoms with Crippen molar-refractivity contribution >= 4 is 23.1 Å². The molecule has 5 N–H and O–H groups in total. The Labute approximate surface area is 168 Å². The summed E-state index contributed by atoms with van der Waals surface area (Å²) in [6.07, 6.45) is 0.183. The van der Waals surface area contributed by atoms with Gasteiger partial charge >= 0.3 is 6.18 Å².